The molecule has 0 saturated heterocycles. The Morgan fingerprint density at radius 2 is 0.825 bits per heavy atom. The second-order valence-corrected chi connectivity index (χ2v) is 12.5. The van der Waals surface area contributed by atoms with Gasteiger partial charge in [0.2, 0.25) is 0 Å². The summed E-state index contributed by atoms with van der Waals surface area (Å²) in [6.45, 7) is 0. The van der Waals surface area contributed by atoms with Gasteiger partial charge in [0.1, 0.15) is 5.00 Å². The first-order chi connectivity index (χ1) is 19.8. The summed E-state index contributed by atoms with van der Waals surface area (Å²) in [6.07, 6.45) is 0. The van der Waals surface area contributed by atoms with E-state index in [2.05, 4.69) is 156 Å². The highest BCUT2D eigenvalue weighted by molar-refractivity contribution is 7.27. The fourth-order valence-electron chi connectivity index (χ4n) is 4.87. The maximum atomic E-state index is 2.37. The summed E-state index contributed by atoms with van der Waals surface area (Å²) in [4.78, 5) is 7.61. The molecule has 4 heteroatoms. The SMILES string of the molecule is c1ccc(-c2ccc(N(c3ccc(-c4ccccc4)cc3)c3ccc(-c4ccc(-c5cccs5)s4)s3)cc2)cc1. The fraction of sp³-hybridized carbons (Fsp3) is 0. The first kappa shape index (κ1) is 24.8. The van der Waals surface area contributed by atoms with Gasteiger partial charge in [-0.25, -0.2) is 0 Å². The highest BCUT2D eigenvalue weighted by Crippen LogP contribution is 2.45. The molecule has 3 aromatic heterocycles. The zero-order valence-electron chi connectivity index (χ0n) is 21.6. The molecule has 0 aliphatic carbocycles. The molecular weight excluding hydrogens is 543 g/mol. The van der Waals surface area contributed by atoms with Crippen LogP contribution in [0.5, 0.6) is 0 Å². The standard InChI is InChI=1S/C36H25NS3/c1-3-8-26(9-4-1)28-13-17-30(18-14-28)37(31-19-15-29(16-20-31)27-10-5-2-6-11-27)36-24-23-35(40-36)34-22-21-33(39-34)32-12-7-25-38-32/h1-25H. The van der Waals surface area contributed by atoms with Gasteiger partial charge in [-0.1, -0.05) is 91.0 Å². The molecular formula is C36H25NS3. The minimum atomic E-state index is 1.14. The first-order valence-corrected chi connectivity index (χ1v) is 15.7. The summed E-state index contributed by atoms with van der Waals surface area (Å²) in [5.41, 5.74) is 7.18. The number of nitrogens with zero attached hydrogens (tertiary/aromatic N) is 1. The van der Waals surface area contributed by atoms with Crippen LogP contribution in [0.2, 0.25) is 0 Å². The van der Waals surface area contributed by atoms with Crippen molar-refractivity contribution >= 4 is 50.4 Å². The van der Waals surface area contributed by atoms with Crippen molar-refractivity contribution in [3.05, 3.63) is 151 Å². The van der Waals surface area contributed by atoms with Crippen LogP contribution in [0.25, 0.3) is 41.8 Å². The molecule has 7 rings (SSSR count). The highest BCUT2D eigenvalue weighted by Gasteiger charge is 2.17. The maximum absolute atomic E-state index is 2.37. The smallest absolute Gasteiger partial charge is 0.101 e. The average molecular weight is 568 g/mol. The van der Waals surface area contributed by atoms with E-state index >= 15 is 0 Å². The molecule has 3 heterocycles. The molecule has 0 N–H and O–H groups in total. The minimum absolute atomic E-state index is 1.14. The monoisotopic (exact) mass is 567 g/mol. The summed E-state index contributed by atoms with van der Waals surface area (Å²) in [6, 6.07) is 52.2. The van der Waals surface area contributed by atoms with E-state index in [9.17, 15) is 0 Å². The Morgan fingerprint density at radius 3 is 1.35 bits per heavy atom. The summed E-state index contributed by atoms with van der Waals surface area (Å²) >= 11 is 5.49. The van der Waals surface area contributed by atoms with Crippen molar-refractivity contribution in [3.63, 3.8) is 0 Å². The van der Waals surface area contributed by atoms with Gasteiger partial charge >= 0.3 is 0 Å². The number of hydrogen-bond acceptors (Lipinski definition) is 4. The highest BCUT2D eigenvalue weighted by atomic mass is 32.1. The van der Waals surface area contributed by atoms with Crippen LogP contribution in [-0.2, 0) is 0 Å². The van der Waals surface area contributed by atoms with E-state index in [0.29, 0.717) is 0 Å². The molecule has 7 aromatic rings. The van der Waals surface area contributed by atoms with Crippen molar-refractivity contribution in [2.45, 2.75) is 0 Å². The topological polar surface area (TPSA) is 3.24 Å². The second-order valence-electron chi connectivity index (χ2n) is 9.44. The Hall–Kier alpha value is -4.22. The molecule has 0 amide bonds. The van der Waals surface area contributed by atoms with Crippen LogP contribution in [0, 0.1) is 0 Å². The third kappa shape index (κ3) is 5.05. The maximum Gasteiger partial charge on any atom is 0.101 e. The first-order valence-electron chi connectivity index (χ1n) is 13.2. The fourth-order valence-corrected chi connectivity index (χ4v) is 7.85. The van der Waals surface area contributed by atoms with Crippen LogP contribution in [-0.4, -0.2) is 0 Å². The van der Waals surface area contributed by atoms with Crippen LogP contribution in [0.15, 0.2) is 151 Å². The number of rotatable bonds is 7. The average Bonchev–Trinajstić information content (AvgIpc) is 3.82. The van der Waals surface area contributed by atoms with E-state index in [4.69, 9.17) is 0 Å². The lowest BCUT2D eigenvalue weighted by atomic mass is 10.0. The van der Waals surface area contributed by atoms with Gasteiger partial charge in [-0.3, -0.25) is 0 Å². The van der Waals surface area contributed by atoms with Gasteiger partial charge < -0.3 is 4.90 Å². The third-order valence-corrected chi connectivity index (χ3v) is 10.3. The van der Waals surface area contributed by atoms with Gasteiger partial charge in [-0.2, -0.15) is 0 Å². The molecule has 1 nitrogen and oxygen atoms in total. The van der Waals surface area contributed by atoms with Crippen molar-refractivity contribution in [3.8, 4) is 41.8 Å². The molecule has 192 valence electrons. The van der Waals surface area contributed by atoms with Crippen molar-refractivity contribution in [2.24, 2.45) is 0 Å². The summed E-state index contributed by atoms with van der Waals surface area (Å²) in [7, 11) is 0. The normalized spacial score (nSPS) is 11.0. The Labute approximate surface area is 246 Å². The molecule has 4 aromatic carbocycles. The van der Waals surface area contributed by atoms with Gasteiger partial charge in [0.05, 0.1) is 0 Å². The number of anilines is 3. The van der Waals surface area contributed by atoms with Crippen LogP contribution in [0.4, 0.5) is 16.4 Å². The summed E-state index contributed by atoms with van der Waals surface area (Å²) in [5, 5.41) is 3.34. The van der Waals surface area contributed by atoms with Gasteiger partial charge in [-0.15, -0.1) is 34.0 Å². The minimum Gasteiger partial charge on any atom is -0.302 e. The van der Waals surface area contributed by atoms with Crippen molar-refractivity contribution in [1.29, 1.82) is 0 Å². The van der Waals surface area contributed by atoms with Crippen molar-refractivity contribution in [1.82, 2.24) is 0 Å². The molecule has 0 bridgehead atoms. The lowest BCUT2D eigenvalue weighted by molar-refractivity contribution is 1.32. The summed E-state index contributed by atoms with van der Waals surface area (Å²) in [5.74, 6) is 0. The third-order valence-electron chi connectivity index (χ3n) is 6.89. The molecule has 0 atom stereocenters. The molecule has 0 spiro atoms. The lowest BCUT2D eigenvalue weighted by Crippen LogP contribution is -2.08. The Morgan fingerprint density at radius 1 is 0.350 bits per heavy atom. The van der Waals surface area contributed by atoms with Crippen LogP contribution in [0.3, 0.4) is 0 Å². The number of thiophene rings is 3. The van der Waals surface area contributed by atoms with Gasteiger partial charge in [0, 0.05) is 30.9 Å². The predicted octanol–water partition coefficient (Wildman–Crippen LogP) is 12.0. The predicted molar refractivity (Wildman–Crippen MR) is 176 cm³/mol. The molecule has 0 unspecified atom stereocenters. The molecule has 40 heavy (non-hydrogen) atoms. The van der Waals surface area contributed by atoms with Crippen molar-refractivity contribution in [2.75, 3.05) is 4.90 Å². The van der Waals surface area contributed by atoms with E-state index in [0.717, 1.165) is 11.4 Å². The van der Waals surface area contributed by atoms with Crippen LogP contribution >= 0.6 is 34.0 Å². The van der Waals surface area contributed by atoms with Gasteiger partial charge in [0.15, 0.2) is 0 Å². The van der Waals surface area contributed by atoms with Crippen molar-refractivity contribution < 1.29 is 0 Å². The number of hydrogen-bond donors (Lipinski definition) is 0. The zero-order chi connectivity index (χ0) is 26.7. The van der Waals surface area contributed by atoms with Crippen LogP contribution in [0.1, 0.15) is 0 Å². The Kier molecular flexibility index (Phi) is 6.88. The zero-order valence-corrected chi connectivity index (χ0v) is 24.1. The van der Waals surface area contributed by atoms with Gasteiger partial charge in [-0.05, 0) is 82.2 Å². The van der Waals surface area contributed by atoms with E-state index < -0.39 is 0 Å². The quantitative estimate of drug-likeness (QED) is 0.185. The largest absolute Gasteiger partial charge is 0.302 e. The molecule has 0 aliphatic heterocycles. The summed E-state index contributed by atoms with van der Waals surface area (Å²) < 4.78 is 0. The Balaban J connectivity index is 1.26. The lowest BCUT2D eigenvalue weighted by Gasteiger charge is -2.24. The molecule has 0 radical (unpaired) electrons. The molecule has 0 fully saturated rings. The molecule has 0 saturated carbocycles. The van der Waals surface area contributed by atoms with E-state index in [1.165, 1.54) is 46.8 Å². The van der Waals surface area contributed by atoms with E-state index in [1.54, 1.807) is 11.3 Å². The number of benzene rings is 4. The van der Waals surface area contributed by atoms with E-state index in [-0.39, 0.29) is 0 Å². The van der Waals surface area contributed by atoms with Crippen LogP contribution < -0.4 is 4.90 Å². The molecule has 0 aliphatic rings. The Bertz CT molecular complexity index is 1730. The second kappa shape index (κ2) is 11.1. The van der Waals surface area contributed by atoms with Gasteiger partial charge in [0.25, 0.3) is 0 Å². The van der Waals surface area contributed by atoms with E-state index in [1.807, 2.05) is 22.7 Å².